The third-order valence-corrected chi connectivity index (χ3v) is 3.96. The Balaban J connectivity index is 2.07. The standard InChI is InChI=1S/C16H18FNOS/c1-11(2)7-10-16(19)18-20-15-9-8-14(17)12-5-3-4-6-13(12)15/h3-6,8-9,11H,7,10H2,1-2H3,(H,18,19). The van der Waals surface area contributed by atoms with E-state index < -0.39 is 0 Å². The van der Waals surface area contributed by atoms with Crippen molar-refractivity contribution in [2.75, 3.05) is 0 Å². The molecule has 0 bridgehead atoms. The third-order valence-electron chi connectivity index (χ3n) is 3.05. The number of carbonyl (C=O) groups is 1. The number of nitrogens with one attached hydrogen (secondary N) is 1. The van der Waals surface area contributed by atoms with Crippen molar-refractivity contribution in [1.82, 2.24) is 4.72 Å². The van der Waals surface area contributed by atoms with Crippen LogP contribution in [0.25, 0.3) is 10.8 Å². The number of carbonyl (C=O) groups excluding carboxylic acids is 1. The lowest BCUT2D eigenvalue weighted by molar-refractivity contribution is -0.119. The highest BCUT2D eigenvalue weighted by Crippen LogP contribution is 2.28. The fraction of sp³-hybridized carbons (Fsp3) is 0.312. The molecule has 0 spiro atoms. The first-order chi connectivity index (χ1) is 9.58. The van der Waals surface area contributed by atoms with Crippen molar-refractivity contribution < 1.29 is 9.18 Å². The normalized spacial score (nSPS) is 11.0. The molecule has 0 saturated carbocycles. The molecule has 0 unspecified atom stereocenters. The van der Waals surface area contributed by atoms with Crippen molar-refractivity contribution in [2.45, 2.75) is 31.6 Å². The smallest absolute Gasteiger partial charge is 0.230 e. The summed E-state index contributed by atoms with van der Waals surface area (Å²) in [5.74, 6) is 0.283. The molecule has 0 aromatic heterocycles. The number of halogens is 1. The Morgan fingerprint density at radius 1 is 1.20 bits per heavy atom. The number of hydrogen-bond acceptors (Lipinski definition) is 2. The molecular weight excluding hydrogens is 273 g/mol. The second-order valence-electron chi connectivity index (χ2n) is 5.15. The lowest BCUT2D eigenvalue weighted by Crippen LogP contribution is -2.15. The van der Waals surface area contributed by atoms with Crippen LogP contribution in [-0.2, 0) is 4.79 Å². The van der Waals surface area contributed by atoms with Gasteiger partial charge in [0.05, 0.1) is 0 Å². The monoisotopic (exact) mass is 291 g/mol. The van der Waals surface area contributed by atoms with E-state index in [9.17, 15) is 9.18 Å². The van der Waals surface area contributed by atoms with Gasteiger partial charge in [0.2, 0.25) is 5.91 Å². The minimum absolute atomic E-state index is 0.0112. The van der Waals surface area contributed by atoms with Crippen LogP contribution in [0.1, 0.15) is 26.7 Å². The summed E-state index contributed by atoms with van der Waals surface area (Å²) in [6.07, 6.45) is 1.39. The van der Waals surface area contributed by atoms with Crippen molar-refractivity contribution in [3.63, 3.8) is 0 Å². The van der Waals surface area contributed by atoms with Crippen LogP contribution in [0.15, 0.2) is 41.3 Å². The maximum atomic E-state index is 13.7. The minimum Gasteiger partial charge on any atom is -0.296 e. The third kappa shape index (κ3) is 3.73. The predicted molar refractivity (Wildman–Crippen MR) is 82.0 cm³/mol. The zero-order valence-electron chi connectivity index (χ0n) is 11.7. The number of rotatable bonds is 5. The van der Waals surface area contributed by atoms with E-state index in [1.807, 2.05) is 12.1 Å². The highest BCUT2D eigenvalue weighted by atomic mass is 32.2. The number of hydrogen-bond donors (Lipinski definition) is 1. The summed E-state index contributed by atoms with van der Waals surface area (Å²) in [6.45, 7) is 4.18. The maximum absolute atomic E-state index is 13.7. The van der Waals surface area contributed by atoms with Gasteiger partial charge in [0, 0.05) is 16.7 Å². The maximum Gasteiger partial charge on any atom is 0.230 e. The van der Waals surface area contributed by atoms with E-state index in [1.165, 1.54) is 18.0 Å². The molecule has 0 radical (unpaired) electrons. The Kier molecular flexibility index (Phi) is 5.01. The van der Waals surface area contributed by atoms with Crippen LogP contribution in [0.4, 0.5) is 4.39 Å². The zero-order chi connectivity index (χ0) is 14.5. The summed E-state index contributed by atoms with van der Waals surface area (Å²) in [5, 5.41) is 1.40. The van der Waals surface area contributed by atoms with Gasteiger partial charge in [-0.25, -0.2) is 4.39 Å². The van der Waals surface area contributed by atoms with Gasteiger partial charge < -0.3 is 0 Å². The van der Waals surface area contributed by atoms with Crippen LogP contribution in [0.2, 0.25) is 0 Å². The Hall–Kier alpha value is -1.55. The second-order valence-corrected chi connectivity index (χ2v) is 6.00. The van der Waals surface area contributed by atoms with Gasteiger partial charge in [-0.1, -0.05) is 38.1 Å². The van der Waals surface area contributed by atoms with E-state index in [0.717, 1.165) is 16.7 Å². The van der Waals surface area contributed by atoms with Gasteiger partial charge in [-0.3, -0.25) is 9.52 Å². The first kappa shape index (κ1) is 14.9. The first-order valence-electron chi connectivity index (χ1n) is 6.71. The molecule has 4 heteroatoms. The highest BCUT2D eigenvalue weighted by Gasteiger charge is 2.08. The molecule has 0 atom stereocenters. The Bertz CT molecular complexity index is 612. The molecule has 0 heterocycles. The Labute approximate surface area is 122 Å². The van der Waals surface area contributed by atoms with E-state index >= 15 is 0 Å². The Morgan fingerprint density at radius 3 is 2.60 bits per heavy atom. The van der Waals surface area contributed by atoms with Crippen LogP contribution in [-0.4, -0.2) is 5.91 Å². The molecule has 0 aliphatic rings. The quantitative estimate of drug-likeness (QED) is 0.819. The van der Waals surface area contributed by atoms with Gasteiger partial charge in [0.1, 0.15) is 5.82 Å². The van der Waals surface area contributed by atoms with Crippen LogP contribution in [0, 0.1) is 11.7 Å². The Morgan fingerprint density at radius 2 is 1.90 bits per heavy atom. The van der Waals surface area contributed by atoms with E-state index in [4.69, 9.17) is 0 Å². The van der Waals surface area contributed by atoms with E-state index in [0.29, 0.717) is 17.7 Å². The lowest BCUT2D eigenvalue weighted by Gasteiger charge is -2.09. The van der Waals surface area contributed by atoms with Crippen LogP contribution in [0.3, 0.4) is 0 Å². The van der Waals surface area contributed by atoms with Gasteiger partial charge in [-0.05, 0) is 41.8 Å². The van der Waals surface area contributed by atoms with Gasteiger partial charge >= 0.3 is 0 Å². The summed E-state index contributed by atoms with van der Waals surface area (Å²) in [6, 6.07) is 10.4. The molecule has 1 N–H and O–H groups in total. The molecule has 2 rings (SSSR count). The van der Waals surface area contributed by atoms with Crippen LogP contribution < -0.4 is 4.72 Å². The molecule has 106 valence electrons. The summed E-state index contributed by atoms with van der Waals surface area (Å²) in [7, 11) is 0. The fourth-order valence-corrected chi connectivity index (χ4v) is 2.66. The molecule has 0 aliphatic carbocycles. The van der Waals surface area contributed by atoms with Crippen molar-refractivity contribution >= 4 is 28.6 Å². The molecule has 1 amide bonds. The average Bonchev–Trinajstić information content (AvgIpc) is 2.45. The first-order valence-corrected chi connectivity index (χ1v) is 7.52. The number of fused-ring (bicyclic) bond motifs is 1. The molecule has 2 aromatic rings. The van der Waals surface area contributed by atoms with Crippen molar-refractivity contribution in [3.8, 4) is 0 Å². The average molecular weight is 291 g/mol. The van der Waals surface area contributed by atoms with Gasteiger partial charge in [-0.15, -0.1) is 0 Å². The van der Waals surface area contributed by atoms with Crippen molar-refractivity contribution in [1.29, 1.82) is 0 Å². The van der Waals surface area contributed by atoms with Gasteiger partial charge in [0.25, 0.3) is 0 Å². The molecular formula is C16H18FNOS. The molecule has 0 aliphatic heterocycles. The van der Waals surface area contributed by atoms with E-state index in [2.05, 4.69) is 18.6 Å². The van der Waals surface area contributed by atoms with E-state index in [1.54, 1.807) is 18.2 Å². The van der Waals surface area contributed by atoms with Crippen LogP contribution in [0.5, 0.6) is 0 Å². The molecule has 0 fully saturated rings. The van der Waals surface area contributed by atoms with Gasteiger partial charge in [-0.2, -0.15) is 0 Å². The number of benzene rings is 2. The summed E-state index contributed by atoms with van der Waals surface area (Å²) in [5.41, 5.74) is 0. The van der Waals surface area contributed by atoms with E-state index in [-0.39, 0.29) is 11.7 Å². The summed E-state index contributed by atoms with van der Waals surface area (Å²) < 4.78 is 16.5. The summed E-state index contributed by atoms with van der Waals surface area (Å²) >= 11 is 1.25. The highest BCUT2D eigenvalue weighted by molar-refractivity contribution is 7.98. The lowest BCUT2D eigenvalue weighted by atomic mass is 10.1. The van der Waals surface area contributed by atoms with Crippen molar-refractivity contribution in [2.24, 2.45) is 5.92 Å². The molecule has 20 heavy (non-hydrogen) atoms. The summed E-state index contributed by atoms with van der Waals surface area (Å²) in [4.78, 5) is 12.6. The van der Waals surface area contributed by atoms with Crippen molar-refractivity contribution in [3.05, 3.63) is 42.2 Å². The fourth-order valence-electron chi connectivity index (χ4n) is 1.91. The topological polar surface area (TPSA) is 29.1 Å². The predicted octanol–water partition coefficient (Wildman–Crippen LogP) is 4.54. The SMILES string of the molecule is CC(C)CCC(=O)NSc1ccc(F)c2ccccc12. The largest absolute Gasteiger partial charge is 0.296 e. The van der Waals surface area contributed by atoms with Crippen LogP contribution >= 0.6 is 11.9 Å². The molecule has 2 nitrogen and oxygen atoms in total. The number of amides is 1. The second kappa shape index (κ2) is 6.75. The van der Waals surface area contributed by atoms with Gasteiger partial charge in [0.15, 0.2) is 0 Å². The minimum atomic E-state index is -0.240. The molecule has 0 saturated heterocycles. The molecule has 2 aromatic carbocycles. The zero-order valence-corrected chi connectivity index (χ0v) is 12.5.